The van der Waals surface area contributed by atoms with Crippen LogP contribution in [0.25, 0.3) is 0 Å². The largest absolute Gasteiger partial charge is 0.385 e. The molecule has 0 bridgehead atoms. The monoisotopic (exact) mass is 292 g/mol. The van der Waals surface area contributed by atoms with E-state index in [4.69, 9.17) is 0 Å². The minimum Gasteiger partial charge on any atom is -0.385 e. The first-order valence-electron chi connectivity index (χ1n) is 7.19. The number of carbonyl (C=O) groups excluding carboxylic acids is 2. The first-order valence-corrected chi connectivity index (χ1v) is 7.19. The molecule has 1 rings (SSSR count). The normalized spacial score (nSPS) is 10.3. The first kappa shape index (κ1) is 16.9. The van der Waals surface area contributed by atoms with Gasteiger partial charge >= 0.3 is 0 Å². The minimum absolute atomic E-state index is 0.0367. The lowest BCUT2D eigenvalue weighted by atomic mass is 10.2. The molecule has 3 N–H and O–H groups in total. The van der Waals surface area contributed by atoms with Crippen molar-refractivity contribution in [1.29, 1.82) is 0 Å². The van der Waals surface area contributed by atoms with Gasteiger partial charge in [-0.05, 0) is 25.8 Å². The van der Waals surface area contributed by atoms with Crippen LogP contribution in [0.4, 0.5) is 5.69 Å². The Balaban J connectivity index is 2.61. The summed E-state index contributed by atoms with van der Waals surface area (Å²) in [5, 5.41) is 8.49. The van der Waals surface area contributed by atoms with Crippen molar-refractivity contribution in [3.8, 4) is 0 Å². The minimum atomic E-state index is -0.307. The molecule has 0 unspecified atom stereocenters. The Kier molecular flexibility index (Phi) is 6.65. The third kappa shape index (κ3) is 5.81. The third-order valence-corrected chi connectivity index (χ3v) is 2.77. The van der Waals surface area contributed by atoms with Gasteiger partial charge in [0.2, 0.25) is 5.91 Å². The van der Waals surface area contributed by atoms with Gasteiger partial charge in [0.25, 0.3) is 5.91 Å². The molecule has 6 heteroatoms. The fraction of sp³-hybridized carbons (Fsp3) is 0.533. The molecule has 1 heterocycles. The van der Waals surface area contributed by atoms with Crippen molar-refractivity contribution in [2.45, 2.75) is 27.7 Å². The van der Waals surface area contributed by atoms with Crippen LogP contribution >= 0.6 is 0 Å². The average molecular weight is 292 g/mol. The Bertz CT molecular complexity index is 500. The van der Waals surface area contributed by atoms with E-state index in [0.717, 1.165) is 11.4 Å². The molecular weight excluding hydrogens is 268 g/mol. The van der Waals surface area contributed by atoms with Crippen LogP contribution in [-0.2, 0) is 4.79 Å². The van der Waals surface area contributed by atoms with Crippen molar-refractivity contribution in [3.63, 3.8) is 0 Å². The van der Waals surface area contributed by atoms with Crippen LogP contribution in [0.2, 0.25) is 0 Å². The summed E-state index contributed by atoms with van der Waals surface area (Å²) in [4.78, 5) is 27.8. The number of nitrogens with one attached hydrogen (secondary N) is 3. The van der Waals surface area contributed by atoms with Crippen LogP contribution in [0, 0.1) is 12.8 Å². The van der Waals surface area contributed by atoms with Gasteiger partial charge in [-0.25, -0.2) is 0 Å². The molecule has 0 saturated heterocycles. The van der Waals surface area contributed by atoms with Crippen molar-refractivity contribution < 1.29 is 9.59 Å². The predicted molar refractivity (Wildman–Crippen MR) is 83.3 cm³/mol. The van der Waals surface area contributed by atoms with Gasteiger partial charge in [0.05, 0.1) is 17.8 Å². The van der Waals surface area contributed by atoms with E-state index in [2.05, 4.69) is 20.9 Å². The highest BCUT2D eigenvalue weighted by Gasteiger charge is 2.13. The summed E-state index contributed by atoms with van der Waals surface area (Å²) in [6, 6.07) is 1.82. The van der Waals surface area contributed by atoms with Crippen molar-refractivity contribution in [2.75, 3.05) is 25.0 Å². The lowest BCUT2D eigenvalue weighted by Gasteiger charge is -2.12. The Morgan fingerprint density at radius 1 is 1.29 bits per heavy atom. The number of carbonyl (C=O) groups is 2. The second-order valence-electron chi connectivity index (χ2n) is 5.28. The first-order chi connectivity index (χ1) is 9.93. The Hall–Kier alpha value is -2.11. The van der Waals surface area contributed by atoms with Gasteiger partial charge < -0.3 is 16.0 Å². The molecule has 0 saturated carbocycles. The molecule has 1 aromatic heterocycles. The van der Waals surface area contributed by atoms with Crippen molar-refractivity contribution >= 4 is 17.5 Å². The summed E-state index contributed by atoms with van der Waals surface area (Å²) < 4.78 is 0. The maximum Gasteiger partial charge on any atom is 0.255 e. The van der Waals surface area contributed by atoms with Crippen LogP contribution in [0.5, 0.6) is 0 Å². The van der Waals surface area contributed by atoms with Gasteiger partial charge in [-0.2, -0.15) is 0 Å². The third-order valence-electron chi connectivity index (χ3n) is 2.77. The summed E-state index contributed by atoms with van der Waals surface area (Å²) in [5.74, 6) is -0.119. The van der Waals surface area contributed by atoms with Crippen LogP contribution in [0.15, 0.2) is 12.3 Å². The van der Waals surface area contributed by atoms with E-state index in [1.807, 2.05) is 33.8 Å². The van der Waals surface area contributed by atoms with Gasteiger partial charge in [0, 0.05) is 25.0 Å². The number of hydrogen-bond donors (Lipinski definition) is 3. The predicted octanol–water partition coefficient (Wildman–Crippen LogP) is 1.32. The molecule has 0 spiro atoms. The second kappa shape index (κ2) is 8.24. The van der Waals surface area contributed by atoms with E-state index in [1.165, 1.54) is 6.20 Å². The molecule has 2 amide bonds. The molecule has 21 heavy (non-hydrogen) atoms. The van der Waals surface area contributed by atoms with Gasteiger partial charge in [0.1, 0.15) is 0 Å². The maximum atomic E-state index is 12.1. The zero-order valence-electron chi connectivity index (χ0n) is 13.1. The standard InChI is InChI=1S/C15H24N4O2/c1-5-16-13-6-11(4)17-8-12(13)15(21)19-9-14(20)18-7-10(2)3/h6,8,10H,5,7,9H2,1-4H3,(H,16,17)(H,18,20)(H,19,21). The highest BCUT2D eigenvalue weighted by molar-refractivity contribution is 6.00. The maximum absolute atomic E-state index is 12.1. The summed E-state index contributed by atoms with van der Waals surface area (Å²) in [6.07, 6.45) is 1.52. The topological polar surface area (TPSA) is 83.1 Å². The van der Waals surface area contributed by atoms with E-state index in [1.54, 1.807) is 0 Å². The second-order valence-corrected chi connectivity index (χ2v) is 5.28. The van der Waals surface area contributed by atoms with Gasteiger partial charge in [-0.3, -0.25) is 14.6 Å². The van der Waals surface area contributed by atoms with Gasteiger partial charge in [0.15, 0.2) is 0 Å². The molecule has 0 radical (unpaired) electrons. The number of aromatic nitrogens is 1. The molecule has 6 nitrogen and oxygen atoms in total. The van der Waals surface area contributed by atoms with E-state index in [0.29, 0.717) is 24.6 Å². The van der Waals surface area contributed by atoms with E-state index in [-0.39, 0.29) is 18.4 Å². The molecule has 0 atom stereocenters. The molecule has 0 aliphatic heterocycles. The summed E-state index contributed by atoms with van der Waals surface area (Å²) >= 11 is 0. The fourth-order valence-corrected chi connectivity index (χ4v) is 1.71. The molecule has 0 aliphatic rings. The number of hydrogen-bond acceptors (Lipinski definition) is 4. The number of nitrogens with zero attached hydrogens (tertiary/aromatic N) is 1. The SMILES string of the molecule is CCNc1cc(C)ncc1C(=O)NCC(=O)NCC(C)C. The summed E-state index contributed by atoms with van der Waals surface area (Å²) in [5.41, 5.74) is 2.00. The highest BCUT2D eigenvalue weighted by Crippen LogP contribution is 2.15. The molecule has 0 aromatic carbocycles. The number of amides is 2. The van der Waals surface area contributed by atoms with E-state index < -0.39 is 0 Å². The van der Waals surface area contributed by atoms with Crippen LogP contribution < -0.4 is 16.0 Å². The van der Waals surface area contributed by atoms with Gasteiger partial charge in [-0.15, -0.1) is 0 Å². The smallest absolute Gasteiger partial charge is 0.255 e. The highest BCUT2D eigenvalue weighted by atomic mass is 16.2. The van der Waals surface area contributed by atoms with Crippen molar-refractivity contribution in [3.05, 3.63) is 23.5 Å². The summed E-state index contributed by atoms with van der Waals surface area (Å²) in [7, 11) is 0. The van der Waals surface area contributed by atoms with Gasteiger partial charge in [-0.1, -0.05) is 13.8 Å². The summed E-state index contributed by atoms with van der Waals surface area (Å²) in [6.45, 7) is 9.12. The Labute approximate surface area is 125 Å². The van der Waals surface area contributed by atoms with Crippen molar-refractivity contribution in [2.24, 2.45) is 5.92 Å². The Morgan fingerprint density at radius 3 is 2.62 bits per heavy atom. The number of aryl methyl sites for hydroxylation is 1. The molecular formula is C15H24N4O2. The fourth-order valence-electron chi connectivity index (χ4n) is 1.71. The zero-order valence-corrected chi connectivity index (χ0v) is 13.1. The number of rotatable bonds is 7. The van der Waals surface area contributed by atoms with Crippen LogP contribution in [0.1, 0.15) is 36.8 Å². The lowest BCUT2D eigenvalue weighted by molar-refractivity contribution is -0.120. The Morgan fingerprint density at radius 2 is 2.00 bits per heavy atom. The molecule has 116 valence electrons. The molecule has 0 aliphatic carbocycles. The van der Waals surface area contributed by atoms with E-state index >= 15 is 0 Å². The van der Waals surface area contributed by atoms with Crippen LogP contribution in [0.3, 0.4) is 0 Å². The van der Waals surface area contributed by atoms with E-state index in [9.17, 15) is 9.59 Å². The molecule has 1 aromatic rings. The number of anilines is 1. The lowest BCUT2D eigenvalue weighted by Crippen LogP contribution is -2.38. The molecule has 0 fully saturated rings. The average Bonchev–Trinajstić information content (AvgIpc) is 2.43. The van der Waals surface area contributed by atoms with Crippen LogP contribution in [-0.4, -0.2) is 36.4 Å². The van der Waals surface area contributed by atoms with Crippen molar-refractivity contribution in [1.82, 2.24) is 15.6 Å². The number of pyridine rings is 1. The quantitative estimate of drug-likeness (QED) is 0.708. The zero-order chi connectivity index (χ0) is 15.8.